The van der Waals surface area contributed by atoms with Crippen molar-refractivity contribution in [2.24, 2.45) is 5.92 Å². The summed E-state index contributed by atoms with van der Waals surface area (Å²) in [6.45, 7) is 3.22. The number of amides is 1. The van der Waals surface area contributed by atoms with Gasteiger partial charge >= 0.3 is 0 Å². The smallest absolute Gasteiger partial charge is 0.238 e. The minimum absolute atomic E-state index is 0.00817. The average Bonchev–Trinajstić information content (AvgIpc) is 2.45. The summed E-state index contributed by atoms with van der Waals surface area (Å²) in [5.41, 5.74) is 1.71. The highest BCUT2D eigenvalue weighted by molar-refractivity contribution is 6.31. The molecule has 0 radical (unpaired) electrons. The molecule has 1 aliphatic rings. The molecule has 1 aromatic carbocycles. The van der Waals surface area contributed by atoms with Crippen molar-refractivity contribution in [1.82, 2.24) is 5.32 Å². The van der Waals surface area contributed by atoms with E-state index < -0.39 is 0 Å². The second-order valence-corrected chi connectivity index (χ2v) is 6.00. The van der Waals surface area contributed by atoms with Crippen LogP contribution in [0.5, 0.6) is 0 Å². The molecule has 2 N–H and O–H groups in total. The van der Waals surface area contributed by atoms with Crippen molar-refractivity contribution in [3.63, 3.8) is 0 Å². The van der Waals surface area contributed by atoms with Crippen molar-refractivity contribution < 1.29 is 4.79 Å². The third-order valence-electron chi connectivity index (χ3n) is 3.99. The van der Waals surface area contributed by atoms with E-state index in [2.05, 4.69) is 10.6 Å². The third-order valence-corrected chi connectivity index (χ3v) is 4.39. The minimum Gasteiger partial charge on any atom is -0.325 e. The molecular formula is C16H23ClN2O. The van der Waals surface area contributed by atoms with E-state index in [4.69, 9.17) is 11.6 Å². The molecule has 1 saturated carbocycles. The summed E-state index contributed by atoms with van der Waals surface area (Å²) in [6, 6.07) is 5.55. The highest BCUT2D eigenvalue weighted by Gasteiger charge is 2.13. The van der Waals surface area contributed by atoms with Crippen molar-refractivity contribution in [2.75, 3.05) is 18.4 Å². The van der Waals surface area contributed by atoms with Crippen molar-refractivity contribution in [3.8, 4) is 0 Å². The lowest BCUT2D eigenvalue weighted by molar-refractivity contribution is -0.115. The predicted octanol–water partition coefficient (Wildman–Crippen LogP) is 3.76. The van der Waals surface area contributed by atoms with Crippen LogP contribution in [0.1, 0.15) is 37.7 Å². The standard InChI is InChI=1S/C16H23ClN2O/c1-12-14(17)8-5-9-15(12)19-16(20)11-18-10-13-6-3-2-4-7-13/h5,8-9,13,18H,2-4,6-7,10-11H2,1H3,(H,19,20). The van der Waals surface area contributed by atoms with E-state index in [0.717, 1.165) is 23.7 Å². The van der Waals surface area contributed by atoms with Crippen molar-refractivity contribution in [2.45, 2.75) is 39.0 Å². The number of hydrogen-bond acceptors (Lipinski definition) is 2. The first-order valence-electron chi connectivity index (χ1n) is 7.42. The number of carbonyl (C=O) groups is 1. The van der Waals surface area contributed by atoms with Crippen LogP contribution in [-0.2, 0) is 4.79 Å². The molecule has 1 aliphatic carbocycles. The van der Waals surface area contributed by atoms with Gasteiger partial charge in [-0.15, -0.1) is 0 Å². The van der Waals surface area contributed by atoms with E-state index in [-0.39, 0.29) is 5.91 Å². The van der Waals surface area contributed by atoms with E-state index in [1.165, 1.54) is 32.1 Å². The van der Waals surface area contributed by atoms with E-state index in [9.17, 15) is 4.79 Å². The highest BCUT2D eigenvalue weighted by Crippen LogP contribution is 2.23. The zero-order valence-corrected chi connectivity index (χ0v) is 12.8. The number of nitrogens with one attached hydrogen (secondary N) is 2. The Balaban J connectivity index is 1.73. The number of anilines is 1. The van der Waals surface area contributed by atoms with Crippen molar-refractivity contribution in [3.05, 3.63) is 28.8 Å². The number of benzene rings is 1. The molecule has 1 amide bonds. The first kappa shape index (κ1) is 15.3. The Morgan fingerprint density at radius 3 is 2.80 bits per heavy atom. The molecule has 0 unspecified atom stereocenters. The Kier molecular flexibility index (Phi) is 5.86. The first-order chi connectivity index (χ1) is 9.66. The Labute approximate surface area is 126 Å². The van der Waals surface area contributed by atoms with Gasteiger partial charge in [0.2, 0.25) is 5.91 Å². The van der Waals surface area contributed by atoms with Gasteiger partial charge in [-0.3, -0.25) is 4.79 Å². The molecule has 1 aromatic rings. The van der Waals surface area contributed by atoms with Crippen LogP contribution in [0.4, 0.5) is 5.69 Å². The molecule has 0 saturated heterocycles. The fourth-order valence-electron chi connectivity index (χ4n) is 2.72. The van der Waals surface area contributed by atoms with Crippen LogP contribution in [0, 0.1) is 12.8 Å². The van der Waals surface area contributed by atoms with Crippen LogP contribution in [0.3, 0.4) is 0 Å². The quantitative estimate of drug-likeness (QED) is 0.868. The molecule has 0 spiro atoms. The molecule has 0 aliphatic heterocycles. The van der Waals surface area contributed by atoms with Crippen LogP contribution >= 0.6 is 11.6 Å². The SMILES string of the molecule is Cc1c(Cl)cccc1NC(=O)CNCC1CCCCC1. The number of rotatable bonds is 5. The third kappa shape index (κ3) is 4.50. The fourth-order valence-corrected chi connectivity index (χ4v) is 2.89. The molecule has 0 heterocycles. The Bertz CT molecular complexity index is 456. The van der Waals surface area contributed by atoms with Crippen molar-refractivity contribution >= 4 is 23.2 Å². The molecule has 0 bridgehead atoms. The maximum absolute atomic E-state index is 11.9. The monoisotopic (exact) mass is 294 g/mol. The lowest BCUT2D eigenvalue weighted by Gasteiger charge is -2.21. The summed E-state index contributed by atoms with van der Waals surface area (Å²) in [4.78, 5) is 11.9. The molecule has 0 aromatic heterocycles. The first-order valence-corrected chi connectivity index (χ1v) is 7.80. The van der Waals surface area contributed by atoms with E-state index in [0.29, 0.717) is 11.6 Å². The highest BCUT2D eigenvalue weighted by atomic mass is 35.5. The number of carbonyl (C=O) groups excluding carboxylic acids is 1. The van der Waals surface area contributed by atoms with Crippen LogP contribution < -0.4 is 10.6 Å². The number of hydrogen-bond donors (Lipinski definition) is 2. The van der Waals surface area contributed by atoms with Gasteiger partial charge in [-0.25, -0.2) is 0 Å². The normalized spacial score (nSPS) is 16.1. The Hall–Kier alpha value is -1.06. The van der Waals surface area contributed by atoms with Gasteiger partial charge in [0.1, 0.15) is 0 Å². The molecule has 1 fully saturated rings. The van der Waals surface area contributed by atoms with Crippen LogP contribution in [0.25, 0.3) is 0 Å². The Morgan fingerprint density at radius 2 is 2.05 bits per heavy atom. The molecule has 20 heavy (non-hydrogen) atoms. The minimum atomic E-state index is -0.00817. The van der Waals surface area contributed by atoms with Gasteiger partial charge in [-0.05, 0) is 49.9 Å². The van der Waals surface area contributed by atoms with Gasteiger partial charge in [0, 0.05) is 10.7 Å². The second kappa shape index (κ2) is 7.65. The van der Waals surface area contributed by atoms with Crippen LogP contribution in [0.2, 0.25) is 5.02 Å². The molecule has 4 heteroatoms. The molecule has 2 rings (SSSR count). The zero-order chi connectivity index (χ0) is 14.4. The lowest BCUT2D eigenvalue weighted by atomic mass is 9.89. The van der Waals surface area contributed by atoms with Crippen molar-refractivity contribution in [1.29, 1.82) is 0 Å². The largest absolute Gasteiger partial charge is 0.325 e. The van der Waals surface area contributed by atoms with E-state index in [1.54, 1.807) is 0 Å². The predicted molar refractivity (Wildman–Crippen MR) is 84.3 cm³/mol. The van der Waals surface area contributed by atoms with Gasteiger partial charge in [0.15, 0.2) is 0 Å². The lowest BCUT2D eigenvalue weighted by Crippen LogP contribution is -2.32. The maximum atomic E-state index is 11.9. The summed E-state index contributed by atoms with van der Waals surface area (Å²) < 4.78 is 0. The summed E-state index contributed by atoms with van der Waals surface area (Å²) >= 11 is 6.04. The van der Waals surface area contributed by atoms with Crippen LogP contribution in [-0.4, -0.2) is 19.0 Å². The molecular weight excluding hydrogens is 272 g/mol. The summed E-state index contributed by atoms with van der Waals surface area (Å²) in [5.74, 6) is 0.732. The summed E-state index contributed by atoms with van der Waals surface area (Å²) in [5, 5.41) is 6.85. The van der Waals surface area contributed by atoms with Gasteiger partial charge < -0.3 is 10.6 Å². The van der Waals surface area contributed by atoms with Gasteiger partial charge in [0.25, 0.3) is 0 Å². The maximum Gasteiger partial charge on any atom is 0.238 e. The molecule has 110 valence electrons. The van der Waals surface area contributed by atoms with Gasteiger partial charge in [-0.1, -0.05) is 36.9 Å². The average molecular weight is 295 g/mol. The fraction of sp³-hybridized carbons (Fsp3) is 0.562. The zero-order valence-electron chi connectivity index (χ0n) is 12.0. The van der Waals surface area contributed by atoms with E-state index in [1.807, 2.05) is 25.1 Å². The summed E-state index contributed by atoms with van der Waals surface area (Å²) in [6.07, 6.45) is 6.62. The van der Waals surface area contributed by atoms with Crippen LogP contribution in [0.15, 0.2) is 18.2 Å². The topological polar surface area (TPSA) is 41.1 Å². The van der Waals surface area contributed by atoms with Gasteiger partial charge in [0.05, 0.1) is 6.54 Å². The number of halogens is 1. The summed E-state index contributed by atoms with van der Waals surface area (Å²) in [7, 11) is 0. The van der Waals surface area contributed by atoms with E-state index >= 15 is 0 Å². The molecule has 3 nitrogen and oxygen atoms in total. The van der Waals surface area contributed by atoms with Gasteiger partial charge in [-0.2, -0.15) is 0 Å². The Morgan fingerprint density at radius 1 is 1.30 bits per heavy atom. The second-order valence-electron chi connectivity index (χ2n) is 5.60. The molecule has 0 atom stereocenters.